The lowest BCUT2D eigenvalue weighted by atomic mass is 10.2. The Hall–Kier alpha value is -1.74. The summed E-state index contributed by atoms with van der Waals surface area (Å²) in [5.74, 6) is 0.525. The number of halogens is 2. The Bertz CT molecular complexity index is 958. The number of hydrogen-bond acceptors (Lipinski definition) is 5. The minimum absolute atomic E-state index is 0.107. The average Bonchev–Trinajstić information content (AvgIpc) is 3.03. The van der Waals surface area contributed by atoms with Crippen LogP contribution in [0, 0.1) is 0 Å². The highest BCUT2D eigenvalue weighted by Crippen LogP contribution is 2.22. The van der Waals surface area contributed by atoms with Crippen LogP contribution in [-0.4, -0.2) is 18.6 Å². The Balaban J connectivity index is 1.74. The first-order valence-corrected chi connectivity index (χ1v) is 9.44. The van der Waals surface area contributed by atoms with Crippen molar-refractivity contribution in [3.63, 3.8) is 0 Å². The lowest BCUT2D eigenvalue weighted by Crippen LogP contribution is -2.23. The topological polar surface area (TPSA) is 85.1 Å². The van der Waals surface area contributed by atoms with E-state index in [2.05, 4.69) is 30.8 Å². The number of benzene rings is 2. The van der Waals surface area contributed by atoms with Gasteiger partial charge in [0.15, 0.2) is 0 Å². The van der Waals surface area contributed by atoms with Gasteiger partial charge in [-0.15, -0.1) is 0 Å². The van der Waals surface area contributed by atoms with Crippen molar-refractivity contribution in [2.24, 2.45) is 0 Å². The molecule has 9 heteroatoms. The Morgan fingerprint density at radius 2 is 1.83 bits per heavy atom. The summed E-state index contributed by atoms with van der Waals surface area (Å²) in [5, 5.41) is 4.43. The lowest BCUT2D eigenvalue weighted by Gasteiger charge is -2.06. The van der Waals surface area contributed by atoms with Gasteiger partial charge in [-0.05, 0) is 52.3 Å². The largest absolute Gasteiger partial charge is 0.338 e. The van der Waals surface area contributed by atoms with E-state index in [-0.39, 0.29) is 17.3 Å². The zero-order valence-corrected chi connectivity index (χ0v) is 15.3. The Kier molecular flexibility index (Phi) is 5.00. The van der Waals surface area contributed by atoms with Gasteiger partial charge in [0.1, 0.15) is 0 Å². The summed E-state index contributed by atoms with van der Waals surface area (Å²) in [6.45, 7) is -0.107. The molecule has 1 aromatic heterocycles. The molecular formula is C15H11BrClN3O3S. The Labute approximate surface area is 152 Å². The molecule has 0 radical (unpaired) electrons. The van der Waals surface area contributed by atoms with Crippen molar-refractivity contribution in [2.45, 2.75) is 11.4 Å². The van der Waals surface area contributed by atoms with E-state index in [4.69, 9.17) is 16.1 Å². The highest BCUT2D eigenvalue weighted by Gasteiger charge is 2.18. The number of hydrogen-bond donors (Lipinski definition) is 1. The molecule has 3 aromatic rings. The van der Waals surface area contributed by atoms with Crippen LogP contribution in [0.4, 0.5) is 0 Å². The van der Waals surface area contributed by atoms with Gasteiger partial charge in [0.05, 0.1) is 11.4 Å². The van der Waals surface area contributed by atoms with Gasteiger partial charge in [-0.25, -0.2) is 13.1 Å². The smallest absolute Gasteiger partial charge is 0.242 e. The lowest BCUT2D eigenvalue weighted by molar-refractivity contribution is 0.376. The SMILES string of the molecule is O=S(=O)(NCc1nc(-c2ccc(Cl)cc2)no1)c1ccccc1Br. The molecule has 0 aliphatic heterocycles. The second-order valence-electron chi connectivity index (χ2n) is 4.77. The number of sulfonamides is 1. The quantitative estimate of drug-likeness (QED) is 0.671. The second kappa shape index (κ2) is 7.02. The van der Waals surface area contributed by atoms with E-state index in [1.165, 1.54) is 6.07 Å². The van der Waals surface area contributed by atoms with Crippen LogP contribution in [0.25, 0.3) is 11.4 Å². The monoisotopic (exact) mass is 427 g/mol. The van der Waals surface area contributed by atoms with Crippen molar-refractivity contribution >= 4 is 37.6 Å². The molecule has 0 aliphatic rings. The maximum absolute atomic E-state index is 12.3. The summed E-state index contributed by atoms with van der Waals surface area (Å²) in [4.78, 5) is 4.31. The van der Waals surface area contributed by atoms with Crippen LogP contribution >= 0.6 is 27.5 Å². The summed E-state index contributed by atoms with van der Waals surface area (Å²) >= 11 is 9.05. The number of rotatable bonds is 5. The van der Waals surface area contributed by atoms with E-state index >= 15 is 0 Å². The van der Waals surface area contributed by atoms with Gasteiger partial charge in [-0.1, -0.05) is 28.9 Å². The maximum Gasteiger partial charge on any atom is 0.242 e. The van der Waals surface area contributed by atoms with Crippen LogP contribution in [0.3, 0.4) is 0 Å². The molecule has 6 nitrogen and oxygen atoms in total. The molecular weight excluding hydrogens is 418 g/mol. The van der Waals surface area contributed by atoms with Crippen molar-refractivity contribution in [3.8, 4) is 11.4 Å². The third-order valence-corrected chi connectivity index (χ3v) is 5.78. The molecule has 0 saturated heterocycles. The van der Waals surface area contributed by atoms with E-state index in [9.17, 15) is 8.42 Å². The third-order valence-electron chi connectivity index (χ3n) is 3.11. The van der Waals surface area contributed by atoms with Crippen LogP contribution in [0.5, 0.6) is 0 Å². The molecule has 3 rings (SSSR count). The van der Waals surface area contributed by atoms with E-state index in [1.54, 1.807) is 42.5 Å². The predicted molar refractivity (Wildman–Crippen MR) is 92.9 cm³/mol. The van der Waals surface area contributed by atoms with E-state index in [0.717, 1.165) is 5.56 Å². The van der Waals surface area contributed by atoms with Gasteiger partial charge >= 0.3 is 0 Å². The van der Waals surface area contributed by atoms with Crippen molar-refractivity contribution < 1.29 is 12.9 Å². The first-order valence-electron chi connectivity index (χ1n) is 6.78. The zero-order valence-electron chi connectivity index (χ0n) is 12.1. The van der Waals surface area contributed by atoms with Gasteiger partial charge in [0, 0.05) is 15.1 Å². The molecule has 0 unspecified atom stereocenters. The third kappa shape index (κ3) is 3.84. The second-order valence-corrected chi connectivity index (χ2v) is 7.80. The summed E-state index contributed by atoms with van der Waals surface area (Å²) < 4.78 is 32.6. The average molecular weight is 429 g/mol. The number of aromatic nitrogens is 2. The molecule has 24 heavy (non-hydrogen) atoms. The minimum Gasteiger partial charge on any atom is -0.338 e. The molecule has 0 amide bonds. The summed E-state index contributed by atoms with van der Waals surface area (Å²) in [6.07, 6.45) is 0. The van der Waals surface area contributed by atoms with Gasteiger partial charge in [-0.2, -0.15) is 4.98 Å². The van der Waals surface area contributed by atoms with Crippen molar-refractivity contribution in [3.05, 3.63) is 63.9 Å². The fraction of sp³-hybridized carbons (Fsp3) is 0.0667. The first-order chi connectivity index (χ1) is 11.5. The van der Waals surface area contributed by atoms with Gasteiger partial charge < -0.3 is 4.52 Å². The molecule has 0 bridgehead atoms. The molecule has 1 N–H and O–H groups in total. The summed E-state index contributed by atoms with van der Waals surface area (Å²) in [7, 11) is -3.69. The molecule has 0 saturated carbocycles. The summed E-state index contributed by atoms with van der Waals surface area (Å²) in [5.41, 5.74) is 0.725. The fourth-order valence-corrected chi connectivity index (χ4v) is 4.04. The van der Waals surface area contributed by atoms with Gasteiger partial charge in [-0.3, -0.25) is 0 Å². The normalized spacial score (nSPS) is 11.6. The number of nitrogens with zero attached hydrogens (tertiary/aromatic N) is 2. The van der Waals surface area contributed by atoms with E-state index in [1.807, 2.05) is 0 Å². The van der Waals surface area contributed by atoms with Crippen LogP contribution in [0.1, 0.15) is 5.89 Å². The minimum atomic E-state index is -3.69. The molecule has 0 atom stereocenters. The van der Waals surface area contributed by atoms with Gasteiger partial charge in [0.2, 0.25) is 21.7 Å². The zero-order chi connectivity index (χ0) is 17.2. The highest BCUT2D eigenvalue weighted by atomic mass is 79.9. The Morgan fingerprint density at radius 3 is 2.54 bits per heavy atom. The first kappa shape index (κ1) is 17.1. The van der Waals surface area contributed by atoms with Crippen molar-refractivity contribution in [1.29, 1.82) is 0 Å². The molecule has 124 valence electrons. The van der Waals surface area contributed by atoms with Crippen LogP contribution < -0.4 is 4.72 Å². The molecule has 0 aliphatic carbocycles. The van der Waals surface area contributed by atoms with Crippen molar-refractivity contribution in [1.82, 2.24) is 14.9 Å². The molecule has 0 spiro atoms. The Morgan fingerprint density at radius 1 is 1.12 bits per heavy atom. The van der Waals surface area contributed by atoms with Crippen LogP contribution in [-0.2, 0) is 16.6 Å². The highest BCUT2D eigenvalue weighted by molar-refractivity contribution is 9.10. The van der Waals surface area contributed by atoms with E-state index in [0.29, 0.717) is 15.3 Å². The summed E-state index contributed by atoms with van der Waals surface area (Å²) in [6, 6.07) is 13.5. The van der Waals surface area contributed by atoms with Crippen LogP contribution in [0.2, 0.25) is 5.02 Å². The predicted octanol–water partition coefficient (Wildman–Crippen LogP) is 3.63. The molecule has 1 heterocycles. The standard InChI is InChI=1S/C15H11BrClN3O3S/c16-12-3-1-2-4-13(12)24(21,22)18-9-14-19-15(20-23-14)10-5-7-11(17)8-6-10/h1-8,18H,9H2. The van der Waals surface area contributed by atoms with Gasteiger partial charge in [0.25, 0.3) is 0 Å². The van der Waals surface area contributed by atoms with Crippen molar-refractivity contribution in [2.75, 3.05) is 0 Å². The number of nitrogens with one attached hydrogen (secondary N) is 1. The maximum atomic E-state index is 12.3. The molecule has 2 aromatic carbocycles. The molecule has 0 fully saturated rings. The van der Waals surface area contributed by atoms with Crippen LogP contribution in [0.15, 0.2) is 62.4 Å². The van der Waals surface area contributed by atoms with E-state index < -0.39 is 10.0 Å². The fourth-order valence-electron chi connectivity index (χ4n) is 1.94.